The highest BCUT2D eigenvalue weighted by Gasteiger charge is 2.33. The zero-order chi connectivity index (χ0) is 23.3. The monoisotopic (exact) mass is 445 g/mol. The third kappa shape index (κ3) is 5.69. The summed E-state index contributed by atoms with van der Waals surface area (Å²) in [6, 6.07) is 12.4. The van der Waals surface area contributed by atoms with E-state index >= 15 is 0 Å². The van der Waals surface area contributed by atoms with Crippen molar-refractivity contribution in [2.75, 3.05) is 13.7 Å². The van der Waals surface area contributed by atoms with Gasteiger partial charge in [-0.3, -0.25) is 4.79 Å². The number of aromatic nitrogens is 2. The summed E-state index contributed by atoms with van der Waals surface area (Å²) in [5.74, 6) is 1.09. The molecule has 3 aromatic rings. The molecule has 0 saturated heterocycles. The van der Waals surface area contributed by atoms with Gasteiger partial charge < -0.3 is 14.2 Å². The van der Waals surface area contributed by atoms with Gasteiger partial charge in [0.2, 0.25) is 0 Å². The highest BCUT2D eigenvalue weighted by molar-refractivity contribution is 5.94. The molecule has 0 radical (unpaired) electrons. The second-order valence-electron chi connectivity index (χ2n) is 7.94. The lowest BCUT2D eigenvalue weighted by atomic mass is 10.1. The Balaban J connectivity index is 1.87. The number of amides is 1. The number of benzene rings is 2. The third-order valence-corrected chi connectivity index (χ3v) is 4.99. The Bertz CT molecular complexity index is 1060. The molecule has 0 aliphatic carbocycles. The van der Waals surface area contributed by atoms with E-state index in [1.54, 1.807) is 46.0 Å². The average molecular weight is 445 g/mol. The van der Waals surface area contributed by atoms with Crippen LogP contribution in [0.3, 0.4) is 0 Å². The standard InChI is InChI=1S/C24H26F3N3O2/c1-17(2)14-30(23(31)18-8-6-9-20(13-18)32-3)16-22-28-11-12-29(22)15-19-7-4-5-10-21(19)24(25,26)27/h4-13,17H,14-16H2,1-3H3. The Labute approximate surface area is 185 Å². The molecule has 0 N–H and O–H groups in total. The maximum Gasteiger partial charge on any atom is 0.416 e. The lowest BCUT2D eigenvalue weighted by molar-refractivity contribution is -0.138. The molecule has 3 rings (SSSR count). The molecule has 0 bridgehead atoms. The van der Waals surface area contributed by atoms with E-state index in [0.717, 1.165) is 6.07 Å². The van der Waals surface area contributed by atoms with Crippen molar-refractivity contribution in [3.05, 3.63) is 83.4 Å². The van der Waals surface area contributed by atoms with Crippen LogP contribution >= 0.6 is 0 Å². The predicted molar refractivity (Wildman–Crippen MR) is 115 cm³/mol. The smallest absolute Gasteiger partial charge is 0.416 e. The van der Waals surface area contributed by atoms with Crippen molar-refractivity contribution in [1.29, 1.82) is 0 Å². The fourth-order valence-corrected chi connectivity index (χ4v) is 3.52. The Morgan fingerprint density at radius 2 is 1.91 bits per heavy atom. The molecular formula is C24H26F3N3O2. The van der Waals surface area contributed by atoms with E-state index in [1.165, 1.54) is 25.4 Å². The van der Waals surface area contributed by atoms with Crippen LogP contribution in [0.2, 0.25) is 0 Å². The van der Waals surface area contributed by atoms with E-state index in [2.05, 4.69) is 4.98 Å². The molecule has 0 fully saturated rings. The predicted octanol–water partition coefficient (Wildman–Crippen LogP) is 5.26. The molecule has 8 heteroatoms. The number of ether oxygens (including phenoxy) is 1. The number of nitrogens with zero attached hydrogens (tertiary/aromatic N) is 3. The molecule has 170 valence electrons. The molecule has 0 aliphatic heterocycles. The van der Waals surface area contributed by atoms with E-state index in [9.17, 15) is 18.0 Å². The zero-order valence-electron chi connectivity index (χ0n) is 18.3. The number of hydrogen-bond acceptors (Lipinski definition) is 3. The van der Waals surface area contributed by atoms with Gasteiger partial charge in [0.1, 0.15) is 11.6 Å². The fourth-order valence-electron chi connectivity index (χ4n) is 3.52. The second-order valence-corrected chi connectivity index (χ2v) is 7.94. The number of rotatable bonds is 8. The van der Waals surface area contributed by atoms with Gasteiger partial charge in [0.05, 0.1) is 19.2 Å². The molecule has 1 aromatic heterocycles. The van der Waals surface area contributed by atoms with Gasteiger partial charge in [0, 0.05) is 31.0 Å². The van der Waals surface area contributed by atoms with E-state index in [4.69, 9.17) is 4.74 Å². The van der Waals surface area contributed by atoms with Gasteiger partial charge in [0.25, 0.3) is 5.91 Å². The number of imidazole rings is 1. The number of carbonyl (C=O) groups is 1. The molecule has 5 nitrogen and oxygen atoms in total. The van der Waals surface area contributed by atoms with Gasteiger partial charge in [-0.25, -0.2) is 4.98 Å². The minimum Gasteiger partial charge on any atom is -0.497 e. The summed E-state index contributed by atoms with van der Waals surface area (Å²) in [5.41, 5.74) is -0.0505. The molecule has 32 heavy (non-hydrogen) atoms. The first-order chi connectivity index (χ1) is 15.2. The van der Waals surface area contributed by atoms with Gasteiger partial charge in [-0.1, -0.05) is 38.1 Å². The maximum atomic E-state index is 13.4. The second kappa shape index (κ2) is 9.89. The van der Waals surface area contributed by atoms with Crippen LogP contribution in [-0.4, -0.2) is 34.0 Å². The SMILES string of the molecule is COc1cccc(C(=O)N(Cc2nccn2Cc2ccccc2C(F)(F)F)CC(C)C)c1. The van der Waals surface area contributed by atoms with Crippen LogP contribution < -0.4 is 4.74 Å². The first-order valence-corrected chi connectivity index (χ1v) is 10.3. The summed E-state index contributed by atoms with van der Waals surface area (Å²) in [5, 5.41) is 0. The summed E-state index contributed by atoms with van der Waals surface area (Å²) >= 11 is 0. The van der Waals surface area contributed by atoms with E-state index in [0.29, 0.717) is 23.7 Å². The van der Waals surface area contributed by atoms with Crippen molar-refractivity contribution >= 4 is 5.91 Å². The van der Waals surface area contributed by atoms with Crippen LogP contribution in [0, 0.1) is 5.92 Å². The van der Waals surface area contributed by atoms with Crippen LogP contribution in [0.4, 0.5) is 13.2 Å². The molecule has 1 amide bonds. The van der Waals surface area contributed by atoms with Crippen molar-refractivity contribution in [1.82, 2.24) is 14.5 Å². The van der Waals surface area contributed by atoms with Crippen LogP contribution in [0.1, 0.15) is 41.2 Å². The molecule has 0 unspecified atom stereocenters. The Kier molecular flexibility index (Phi) is 7.22. The Morgan fingerprint density at radius 3 is 2.59 bits per heavy atom. The van der Waals surface area contributed by atoms with Crippen molar-refractivity contribution < 1.29 is 22.7 Å². The molecule has 0 atom stereocenters. The lowest BCUT2D eigenvalue weighted by Gasteiger charge is -2.25. The van der Waals surface area contributed by atoms with Gasteiger partial charge in [-0.05, 0) is 35.7 Å². The summed E-state index contributed by atoms with van der Waals surface area (Å²) in [6.07, 6.45) is -1.27. The summed E-state index contributed by atoms with van der Waals surface area (Å²) < 4.78 is 47.1. The number of alkyl halides is 3. The highest BCUT2D eigenvalue weighted by Crippen LogP contribution is 2.32. The Hall–Kier alpha value is -3.29. The molecule has 0 aliphatic rings. The van der Waals surface area contributed by atoms with Crippen molar-refractivity contribution in [2.45, 2.75) is 33.1 Å². The van der Waals surface area contributed by atoms with Crippen molar-refractivity contribution in [3.63, 3.8) is 0 Å². The van der Waals surface area contributed by atoms with Crippen LogP contribution in [0.25, 0.3) is 0 Å². The van der Waals surface area contributed by atoms with Gasteiger partial charge in [-0.15, -0.1) is 0 Å². The van der Waals surface area contributed by atoms with Gasteiger partial charge >= 0.3 is 6.18 Å². The average Bonchev–Trinajstić information content (AvgIpc) is 3.18. The zero-order valence-corrected chi connectivity index (χ0v) is 18.3. The number of hydrogen-bond donors (Lipinski definition) is 0. The van der Waals surface area contributed by atoms with Crippen LogP contribution in [-0.2, 0) is 19.3 Å². The summed E-state index contributed by atoms with van der Waals surface area (Å²) in [6.45, 7) is 4.65. The van der Waals surface area contributed by atoms with E-state index in [1.807, 2.05) is 13.8 Å². The largest absolute Gasteiger partial charge is 0.497 e. The van der Waals surface area contributed by atoms with Gasteiger partial charge in [-0.2, -0.15) is 13.2 Å². The van der Waals surface area contributed by atoms with Crippen LogP contribution in [0.15, 0.2) is 60.9 Å². The molecule has 2 aromatic carbocycles. The van der Waals surface area contributed by atoms with Crippen molar-refractivity contribution in [2.24, 2.45) is 5.92 Å². The quantitative estimate of drug-likeness (QED) is 0.475. The number of methoxy groups -OCH3 is 1. The minimum atomic E-state index is -4.44. The van der Waals surface area contributed by atoms with E-state index < -0.39 is 11.7 Å². The first kappa shape index (κ1) is 23.4. The Morgan fingerprint density at radius 1 is 1.16 bits per heavy atom. The molecule has 1 heterocycles. The normalized spacial score (nSPS) is 11.6. The van der Waals surface area contributed by atoms with E-state index in [-0.39, 0.29) is 30.5 Å². The first-order valence-electron chi connectivity index (χ1n) is 10.3. The summed E-state index contributed by atoms with van der Waals surface area (Å²) in [4.78, 5) is 19.2. The lowest BCUT2D eigenvalue weighted by Crippen LogP contribution is -2.34. The highest BCUT2D eigenvalue weighted by atomic mass is 19.4. The molecular weight excluding hydrogens is 419 g/mol. The fraction of sp³-hybridized carbons (Fsp3) is 0.333. The topological polar surface area (TPSA) is 47.4 Å². The van der Waals surface area contributed by atoms with Crippen molar-refractivity contribution in [3.8, 4) is 5.75 Å². The molecule has 0 saturated carbocycles. The molecule has 0 spiro atoms. The number of carbonyl (C=O) groups excluding carboxylic acids is 1. The maximum absolute atomic E-state index is 13.4. The van der Waals surface area contributed by atoms with Gasteiger partial charge in [0.15, 0.2) is 0 Å². The summed E-state index contributed by atoms with van der Waals surface area (Å²) in [7, 11) is 1.53. The third-order valence-electron chi connectivity index (χ3n) is 4.99. The minimum absolute atomic E-state index is 0.00782. The number of halogens is 3. The van der Waals surface area contributed by atoms with Crippen LogP contribution in [0.5, 0.6) is 5.75 Å².